The quantitative estimate of drug-likeness (QED) is 0.796. The van der Waals surface area contributed by atoms with Gasteiger partial charge in [-0.2, -0.15) is 4.80 Å². The Bertz CT molecular complexity index is 807. The highest BCUT2D eigenvalue weighted by molar-refractivity contribution is 5.90. The first-order chi connectivity index (χ1) is 11.1. The van der Waals surface area contributed by atoms with Gasteiger partial charge in [0.2, 0.25) is 11.7 Å². The topological polar surface area (TPSA) is 85.6 Å². The van der Waals surface area contributed by atoms with Crippen LogP contribution in [0.4, 0.5) is 5.69 Å². The summed E-state index contributed by atoms with van der Waals surface area (Å²) in [5.74, 6) is 0.238. The van der Waals surface area contributed by atoms with Crippen molar-refractivity contribution in [2.75, 3.05) is 5.32 Å². The number of hydrogen-bond acceptors (Lipinski definition) is 5. The van der Waals surface area contributed by atoms with Gasteiger partial charge in [0.25, 0.3) is 0 Å². The predicted molar refractivity (Wildman–Crippen MR) is 85.6 cm³/mol. The van der Waals surface area contributed by atoms with Gasteiger partial charge in [-0.3, -0.25) is 9.78 Å². The van der Waals surface area contributed by atoms with E-state index in [0.29, 0.717) is 5.82 Å². The lowest BCUT2D eigenvalue weighted by Crippen LogP contribution is -2.20. The average molecular weight is 308 g/mol. The number of hydrogen-bond donors (Lipinski definition) is 1. The molecule has 1 aromatic carbocycles. The highest BCUT2D eigenvalue weighted by Gasteiger charge is 2.10. The maximum absolute atomic E-state index is 12.1. The number of anilines is 1. The number of aryl methyl sites for hydroxylation is 2. The standard InChI is InChI=1S/C16H16N6O/c1-11-6-12(2)8-14(7-11)18-15(23)10-22-20-16(19-21-22)13-4-3-5-17-9-13/h3-9H,10H2,1-2H3,(H,18,23). The molecule has 3 aromatic rings. The molecule has 0 unspecified atom stereocenters. The van der Waals surface area contributed by atoms with Crippen LogP contribution in [-0.2, 0) is 11.3 Å². The number of tetrazole rings is 1. The maximum Gasteiger partial charge on any atom is 0.248 e. The molecule has 0 aliphatic carbocycles. The number of amides is 1. The first-order valence-electron chi connectivity index (χ1n) is 7.16. The van der Waals surface area contributed by atoms with E-state index in [4.69, 9.17) is 0 Å². The minimum Gasteiger partial charge on any atom is -0.324 e. The van der Waals surface area contributed by atoms with Crippen molar-refractivity contribution in [2.24, 2.45) is 0 Å². The zero-order valence-corrected chi connectivity index (χ0v) is 12.9. The van der Waals surface area contributed by atoms with E-state index in [2.05, 4.69) is 31.8 Å². The number of aromatic nitrogens is 5. The molecule has 2 heterocycles. The van der Waals surface area contributed by atoms with Crippen LogP contribution in [0.25, 0.3) is 11.4 Å². The van der Waals surface area contributed by atoms with Gasteiger partial charge in [-0.15, -0.1) is 10.2 Å². The van der Waals surface area contributed by atoms with Gasteiger partial charge in [0, 0.05) is 23.6 Å². The third kappa shape index (κ3) is 3.76. The molecule has 0 spiro atoms. The van der Waals surface area contributed by atoms with Crippen molar-refractivity contribution in [2.45, 2.75) is 20.4 Å². The molecule has 3 rings (SSSR count). The number of benzene rings is 1. The molecule has 0 atom stereocenters. The monoisotopic (exact) mass is 308 g/mol. The van der Waals surface area contributed by atoms with Crippen LogP contribution >= 0.6 is 0 Å². The molecule has 0 aliphatic rings. The molecule has 116 valence electrons. The molecule has 0 bridgehead atoms. The van der Waals surface area contributed by atoms with Gasteiger partial charge in [0.1, 0.15) is 6.54 Å². The predicted octanol–water partition coefficient (Wildman–Crippen LogP) is 1.99. The lowest BCUT2D eigenvalue weighted by Gasteiger charge is -2.06. The highest BCUT2D eigenvalue weighted by atomic mass is 16.2. The van der Waals surface area contributed by atoms with Gasteiger partial charge in [-0.1, -0.05) is 6.07 Å². The SMILES string of the molecule is Cc1cc(C)cc(NC(=O)Cn2nnc(-c3cccnc3)n2)c1. The molecule has 0 saturated carbocycles. The van der Waals surface area contributed by atoms with Crippen molar-refractivity contribution in [1.82, 2.24) is 25.2 Å². The summed E-state index contributed by atoms with van der Waals surface area (Å²) in [5, 5.41) is 14.9. The number of rotatable bonds is 4. The molecule has 0 fully saturated rings. The molecule has 2 aromatic heterocycles. The fourth-order valence-electron chi connectivity index (χ4n) is 2.30. The van der Waals surface area contributed by atoms with Crippen LogP contribution in [0, 0.1) is 13.8 Å². The Balaban J connectivity index is 1.68. The van der Waals surface area contributed by atoms with Gasteiger partial charge >= 0.3 is 0 Å². The lowest BCUT2D eigenvalue weighted by atomic mass is 10.1. The normalized spacial score (nSPS) is 10.5. The van der Waals surface area contributed by atoms with Crippen molar-refractivity contribution in [1.29, 1.82) is 0 Å². The third-order valence-electron chi connectivity index (χ3n) is 3.16. The van der Waals surface area contributed by atoms with E-state index in [0.717, 1.165) is 22.4 Å². The number of nitrogens with zero attached hydrogens (tertiary/aromatic N) is 5. The number of carbonyl (C=O) groups is 1. The van der Waals surface area contributed by atoms with Crippen molar-refractivity contribution in [3.63, 3.8) is 0 Å². The number of pyridine rings is 1. The Morgan fingerprint density at radius 2 is 2.00 bits per heavy atom. The molecular weight excluding hydrogens is 292 g/mol. The molecule has 7 nitrogen and oxygen atoms in total. The second-order valence-electron chi connectivity index (χ2n) is 5.31. The third-order valence-corrected chi connectivity index (χ3v) is 3.16. The summed E-state index contributed by atoms with van der Waals surface area (Å²) in [4.78, 5) is 17.4. The zero-order valence-electron chi connectivity index (χ0n) is 12.9. The molecule has 0 radical (unpaired) electrons. The van der Waals surface area contributed by atoms with Crippen molar-refractivity contribution in [3.05, 3.63) is 53.9 Å². The van der Waals surface area contributed by atoms with Crippen molar-refractivity contribution < 1.29 is 4.79 Å². The summed E-state index contributed by atoms with van der Waals surface area (Å²) < 4.78 is 0. The Morgan fingerprint density at radius 1 is 1.22 bits per heavy atom. The maximum atomic E-state index is 12.1. The fourth-order valence-corrected chi connectivity index (χ4v) is 2.30. The van der Waals surface area contributed by atoms with Gasteiger partial charge in [-0.05, 0) is 54.5 Å². The Labute approximate surface area is 133 Å². The highest BCUT2D eigenvalue weighted by Crippen LogP contribution is 2.14. The second kappa shape index (κ2) is 6.35. The summed E-state index contributed by atoms with van der Waals surface area (Å²) in [6.45, 7) is 3.98. The van der Waals surface area contributed by atoms with Crippen molar-refractivity contribution in [3.8, 4) is 11.4 Å². The molecule has 1 amide bonds. The van der Waals surface area contributed by atoms with E-state index >= 15 is 0 Å². The Morgan fingerprint density at radius 3 is 2.70 bits per heavy atom. The minimum atomic E-state index is -0.204. The molecule has 7 heteroatoms. The summed E-state index contributed by atoms with van der Waals surface area (Å²) in [6, 6.07) is 9.52. The van der Waals surface area contributed by atoms with E-state index in [1.807, 2.05) is 32.0 Å². The molecule has 23 heavy (non-hydrogen) atoms. The van der Waals surface area contributed by atoms with Crippen LogP contribution in [0.3, 0.4) is 0 Å². The van der Waals surface area contributed by atoms with Crippen LogP contribution in [0.5, 0.6) is 0 Å². The van der Waals surface area contributed by atoms with Crippen molar-refractivity contribution >= 4 is 11.6 Å². The van der Waals surface area contributed by atoms with E-state index in [-0.39, 0.29) is 12.5 Å². The number of nitrogens with one attached hydrogen (secondary N) is 1. The zero-order chi connectivity index (χ0) is 16.2. The second-order valence-corrected chi connectivity index (χ2v) is 5.31. The molecule has 0 saturated heterocycles. The summed E-state index contributed by atoms with van der Waals surface area (Å²) in [6.07, 6.45) is 3.32. The van der Waals surface area contributed by atoms with Crippen LogP contribution in [-0.4, -0.2) is 31.1 Å². The minimum absolute atomic E-state index is 0.000250. The largest absolute Gasteiger partial charge is 0.324 e. The first kappa shape index (κ1) is 14.8. The van der Waals surface area contributed by atoms with E-state index in [1.165, 1.54) is 4.80 Å². The van der Waals surface area contributed by atoms with Crippen LogP contribution < -0.4 is 5.32 Å². The number of carbonyl (C=O) groups excluding carboxylic acids is 1. The average Bonchev–Trinajstić information content (AvgIpc) is 2.95. The summed E-state index contributed by atoms with van der Waals surface area (Å²) in [7, 11) is 0. The molecule has 0 aliphatic heterocycles. The smallest absolute Gasteiger partial charge is 0.248 e. The summed E-state index contributed by atoms with van der Waals surface area (Å²) >= 11 is 0. The molecular formula is C16H16N6O. The van der Waals surface area contributed by atoms with Gasteiger partial charge in [0.05, 0.1) is 0 Å². The van der Waals surface area contributed by atoms with Crippen LogP contribution in [0.15, 0.2) is 42.7 Å². The van der Waals surface area contributed by atoms with E-state index < -0.39 is 0 Å². The first-order valence-corrected chi connectivity index (χ1v) is 7.16. The Kier molecular flexibility index (Phi) is 4.09. The lowest BCUT2D eigenvalue weighted by molar-refractivity contribution is -0.117. The molecule has 1 N–H and O–H groups in total. The van der Waals surface area contributed by atoms with Gasteiger partial charge in [0.15, 0.2) is 0 Å². The van der Waals surface area contributed by atoms with E-state index in [9.17, 15) is 4.79 Å². The summed E-state index contributed by atoms with van der Waals surface area (Å²) in [5.41, 5.74) is 3.71. The van der Waals surface area contributed by atoms with Gasteiger partial charge < -0.3 is 5.32 Å². The van der Waals surface area contributed by atoms with E-state index in [1.54, 1.807) is 18.5 Å². The fraction of sp³-hybridized carbons (Fsp3) is 0.188. The van der Waals surface area contributed by atoms with Crippen LogP contribution in [0.2, 0.25) is 0 Å². The Hall–Kier alpha value is -3.09. The van der Waals surface area contributed by atoms with Gasteiger partial charge in [-0.25, -0.2) is 0 Å². The van der Waals surface area contributed by atoms with Crippen LogP contribution in [0.1, 0.15) is 11.1 Å².